The molecule has 2 aliphatic heterocycles. The average Bonchev–Trinajstić information content (AvgIpc) is 3.38. The number of carbonyl (C=O) groups excluding carboxylic acids is 1. The Labute approximate surface area is 185 Å². The molecule has 32 heavy (non-hydrogen) atoms. The van der Waals surface area contributed by atoms with E-state index in [2.05, 4.69) is 11.8 Å². The van der Waals surface area contributed by atoms with Crippen molar-refractivity contribution in [1.29, 1.82) is 0 Å². The molecule has 2 fully saturated rings. The molecule has 2 aliphatic rings. The zero-order chi connectivity index (χ0) is 22.4. The molecule has 1 amide bonds. The van der Waals surface area contributed by atoms with Crippen LogP contribution in [0.5, 0.6) is 0 Å². The normalized spacial score (nSPS) is 21.5. The Kier molecular flexibility index (Phi) is 5.31. The topological polar surface area (TPSA) is 53.7 Å². The molecule has 5 rings (SSSR count). The molecule has 0 saturated carbocycles. The molecule has 0 radical (unpaired) electrons. The summed E-state index contributed by atoms with van der Waals surface area (Å²) < 4.78 is 29.4. The SMILES string of the molecule is Cc1cn2nc([C@@H]3CCCCN3C(=O)c3ccc(F)cc3F)cc2nc1N1CC[C@H](C)C1. The molecule has 2 aromatic heterocycles. The van der Waals surface area contributed by atoms with Crippen molar-refractivity contribution in [3.05, 3.63) is 58.9 Å². The van der Waals surface area contributed by atoms with E-state index < -0.39 is 17.5 Å². The largest absolute Gasteiger partial charge is 0.356 e. The highest BCUT2D eigenvalue weighted by Crippen LogP contribution is 2.33. The highest BCUT2D eigenvalue weighted by Gasteiger charge is 2.32. The van der Waals surface area contributed by atoms with Crippen LogP contribution in [0, 0.1) is 24.5 Å². The van der Waals surface area contributed by atoms with Gasteiger partial charge in [-0.2, -0.15) is 5.10 Å². The van der Waals surface area contributed by atoms with Gasteiger partial charge in [-0.15, -0.1) is 0 Å². The number of amides is 1. The molecule has 8 heteroatoms. The number of rotatable bonds is 3. The number of piperidine rings is 1. The lowest BCUT2D eigenvalue weighted by Gasteiger charge is -2.34. The van der Waals surface area contributed by atoms with E-state index in [1.807, 2.05) is 19.2 Å². The van der Waals surface area contributed by atoms with Gasteiger partial charge in [-0.25, -0.2) is 18.3 Å². The van der Waals surface area contributed by atoms with Crippen LogP contribution in [-0.2, 0) is 0 Å². The van der Waals surface area contributed by atoms with E-state index in [0.29, 0.717) is 12.5 Å². The van der Waals surface area contributed by atoms with Crippen LogP contribution in [0.4, 0.5) is 14.6 Å². The number of hydrogen-bond acceptors (Lipinski definition) is 4. The van der Waals surface area contributed by atoms with E-state index in [0.717, 1.165) is 73.6 Å². The summed E-state index contributed by atoms with van der Waals surface area (Å²) in [6, 6.07) is 4.76. The highest BCUT2D eigenvalue weighted by atomic mass is 19.1. The fourth-order valence-corrected chi connectivity index (χ4v) is 4.93. The van der Waals surface area contributed by atoms with Gasteiger partial charge in [-0.3, -0.25) is 4.79 Å². The smallest absolute Gasteiger partial charge is 0.257 e. The Balaban J connectivity index is 1.47. The van der Waals surface area contributed by atoms with Gasteiger partial charge in [0.05, 0.1) is 17.3 Å². The van der Waals surface area contributed by atoms with E-state index in [-0.39, 0.29) is 11.6 Å². The lowest BCUT2D eigenvalue weighted by atomic mass is 9.98. The van der Waals surface area contributed by atoms with Gasteiger partial charge in [0, 0.05) is 43.5 Å². The first kappa shape index (κ1) is 20.8. The molecule has 6 nitrogen and oxygen atoms in total. The number of hydrogen-bond donors (Lipinski definition) is 0. The Hall–Kier alpha value is -3.03. The quantitative estimate of drug-likeness (QED) is 0.602. The van der Waals surface area contributed by atoms with E-state index >= 15 is 0 Å². The van der Waals surface area contributed by atoms with Crippen molar-refractivity contribution in [1.82, 2.24) is 19.5 Å². The zero-order valence-corrected chi connectivity index (χ0v) is 18.4. The highest BCUT2D eigenvalue weighted by molar-refractivity contribution is 5.94. The first-order chi connectivity index (χ1) is 15.4. The molecule has 1 aromatic carbocycles. The number of anilines is 1. The third-order valence-electron chi connectivity index (χ3n) is 6.61. The van der Waals surface area contributed by atoms with Gasteiger partial charge < -0.3 is 9.80 Å². The Morgan fingerprint density at radius 1 is 1.12 bits per heavy atom. The monoisotopic (exact) mass is 439 g/mol. The van der Waals surface area contributed by atoms with E-state index in [9.17, 15) is 13.6 Å². The van der Waals surface area contributed by atoms with Crippen LogP contribution in [0.25, 0.3) is 5.65 Å². The van der Waals surface area contributed by atoms with Crippen LogP contribution in [0.1, 0.15) is 60.3 Å². The van der Waals surface area contributed by atoms with Crippen LogP contribution in [0.2, 0.25) is 0 Å². The number of aromatic nitrogens is 3. The van der Waals surface area contributed by atoms with Crippen molar-refractivity contribution >= 4 is 17.4 Å². The first-order valence-electron chi connectivity index (χ1n) is 11.3. The van der Waals surface area contributed by atoms with Crippen LogP contribution in [-0.4, -0.2) is 45.0 Å². The summed E-state index contributed by atoms with van der Waals surface area (Å²) in [5.41, 5.74) is 2.44. The summed E-state index contributed by atoms with van der Waals surface area (Å²) in [4.78, 5) is 22.0. The summed E-state index contributed by atoms with van der Waals surface area (Å²) in [7, 11) is 0. The van der Waals surface area contributed by atoms with Crippen molar-refractivity contribution in [2.24, 2.45) is 5.92 Å². The Bertz CT molecular complexity index is 1180. The van der Waals surface area contributed by atoms with Crippen LogP contribution >= 0.6 is 0 Å². The van der Waals surface area contributed by atoms with Gasteiger partial charge in [0.15, 0.2) is 5.65 Å². The van der Waals surface area contributed by atoms with Gasteiger partial charge in [0.2, 0.25) is 0 Å². The van der Waals surface area contributed by atoms with Gasteiger partial charge >= 0.3 is 0 Å². The third-order valence-corrected chi connectivity index (χ3v) is 6.61. The second-order valence-corrected chi connectivity index (χ2v) is 9.09. The fourth-order valence-electron chi connectivity index (χ4n) is 4.93. The second-order valence-electron chi connectivity index (χ2n) is 9.09. The summed E-state index contributed by atoms with van der Waals surface area (Å²) in [5, 5.41) is 4.73. The molecule has 0 unspecified atom stereocenters. The molecular weight excluding hydrogens is 412 g/mol. The van der Waals surface area contributed by atoms with Crippen LogP contribution in [0.3, 0.4) is 0 Å². The minimum Gasteiger partial charge on any atom is -0.356 e. The minimum absolute atomic E-state index is 0.110. The third kappa shape index (κ3) is 3.72. The minimum atomic E-state index is -0.837. The lowest BCUT2D eigenvalue weighted by Crippen LogP contribution is -2.39. The number of fused-ring (bicyclic) bond motifs is 1. The number of carbonyl (C=O) groups is 1. The van der Waals surface area contributed by atoms with Crippen molar-refractivity contribution in [2.75, 3.05) is 24.5 Å². The molecule has 168 valence electrons. The maximum atomic E-state index is 14.3. The number of nitrogens with zero attached hydrogens (tertiary/aromatic N) is 5. The van der Waals surface area contributed by atoms with Crippen molar-refractivity contribution in [3.8, 4) is 0 Å². The van der Waals surface area contributed by atoms with Crippen molar-refractivity contribution < 1.29 is 13.6 Å². The number of benzene rings is 1. The maximum Gasteiger partial charge on any atom is 0.257 e. The summed E-state index contributed by atoms with van der Waals surface area (Å²) in [6.07, 6.45) is 5.69. The molecule has 0 aliphatic carbocycles. The molecule has 2 saturated heterocycles. The first-order valence-corrected chi connectivity index (χ1v) is 11.3. The lowest BCUT2D eigenvalue weighted by molar-refractivity contribution is 0.0601. The molecule has 0 bridgehead atoms. The van der Waals surface area contributed by atoms with Gasteiger partial charge in [-0.1, -0.05) is 6.92 Å². The molecule has 3 aromatic rings. The molecule has 0 spiro atoms. The van der Waals surface area contributed by atoms with Crippen molar-refractivity contribution in [2.45, 2.75) is 45.6 Å². The van der Waals surface area contributed by atoms with E-state index in [4.69, 9.17) is 10.1 Å². The molecule has 4 heterocycles. The number of likely N-dealkylation sites (tertiary alicyclic amines) is 1. The average molecular weight is 440 g/mol. The van der Waals surface area contributed by atoms with Gasteiger partial charge in [-0.05, 0) is 50.7 Å². The fraction of sp³-hybridized carbons (Fsp3) is 0.458. The molecule has 0 N–H and O–H groups in total. The van der Waals surface area contributed by atoms with Crippen molar-refractivity contribution in [3.63, 3.8) is 0 Å². The predicted octanol–water partition coefficient (Wildman–Crippen LogP) is 4.53. The summed E-state index contributed by atoms with van der Waals surface area (Å²) in [5.74, 6) is -0.324. The van der Waals surface area contributed by atoms with Crippen LogP contribution < -0.4 is 4.90 Å². The van der Waals surface area contributed by atoms with Crippen LogP contribution in [0.15, 0.2) is 30.5 Å². The zero-order valence-electron chi connectivity index (χ0n) is 18.4. The van der Waals surface area contributed by atoms with Gasteiger partial charge in [0.25, 0.3) is 5.91 Å². The summed E-state index contributed by atoms with van der Waals surface area (Å²) >= 11 is 0. The molecular formula is C24H27F2N5O. The van der Waals surface area contributed by atoms with E-state index in [1.54, 1.807) is 9.42 Å². The van der Waals surface area contributed by atoms with E-state index in [1.165, 1.54) is 6.07 Å². The second kappa shape index (κ2) is 8.15. The number of halogens is 2. The predicted molar refractivity (Wildman–Crippen MR) is 118 cm³/mol. The maximum absolute atomic E-state index is 14.3. The van der Waals surface area contributed by atoms with Gasteiger partial charge in [0.1, 0.15) is 17.5 Å². The number of aryl methyl sites for hydroxylation is 1. The summed E-state index contributed by atoms with van der Waals surface area (Å²) in [6.45, 7) is 6.81. The molecule has 2 atom stereocenters. The Morgan fingerprint density at radius 2 is 1.97 bits per heavy atom. The standard InChI is InChI=1S/C24H27F2N5O/c1-15-8-10-29(13-15)23-16(2)14-31-22(27-23)12-20(28-31)21-5-3-4-9-30(21)24(32)18-7-6-17(25)11-19(18)26/h6-7,11-12,14-15,21H,3-5,8-10,13H2,1-2H3/t15-,21-/m0/s1. The Morgan fingerprint density at radius 3 is 2.72 bits per heavy atom.